The van der Waals surface area contributed by atoms with Crippen LogP contribution in [0.25, 0.3) is 0 Å². The molecule has 118 valence electrons. The van der Waals surface area contributed by atoms with Gasteiger partial charge in [0.2, 0.25) is 0 Å². The normalized spacial score (nSPS) is 29.6. The molecule has 1 saturated carbocycles. The number of ether oxygens (including phenoxy) is 1. The Hall–Kier alpha value is -0.450. The third-order valence-electron chi connectivity index (χ3n) is 4.90. The maximum atomic E-state index is 5.90. The summed E-state index contributed by atoms with van der Waals surface area (Å²) in [5.74, 6) is 0. The zero-order valence-corrected chi connectivity index (χ0v) is 14.4. The molecular formula is C17H28N2OS. The number of rotatable bonds is 4. The number of hydrogen-bond donors (Lipinski definition) is 1. The van der Waals surface area contributed by atoms with Crippen LogP contribution in [-0.2, 0) is 23.1 Å². The molecule has 4 heteroatoms. The molecule has 1 heterocycles. The Morgan fingerprint density at radius 1 is 1.24 bits per heavy atom. The molecule has 0 aromatic carbocycles. The van der Waals surface area contributed by atoms with E-state index in [1.54, 1.807) is 0 Å². The molecule has 3 nitrogen and oxygen atoms in total. The third kappa shape index (κ3) is 2.90. The second-order valence-corrected chi connectivity index (χ2v) is 7.92. The average molecular weight is 308 g/mol. The molecule has 2 unspecified atom stereocenters. The summed E-state index contributed by atoms with van der Waals surface area (Å²) >= 11 is 1.95. The highest BCUT2D eigenvalue weighted by molar-refractivity contribution is 7.11. The SMILES string of the molecule is COC1CCCCC1(NC(C)C)c1nc2c(s1)CCCC2. The van der Waals surface area contributed by atoms with Crippen molar-refractivity contribution in [1.82, 2.24) is 10.3 Å². The van der Waals surface area contributed by atoms with Gasteiger partial charge in [0.15, 0.2) is 0 Å². The van der Waals surface area contributed by atoms with E-state index in [-0.39, 0.29) is 11.6 Å². The number of aryl methyl sites for hydroxylation is 2. The number of methoxy groups -OCH3 is 1. The number of nitrogens with zero attached hydrogens (tertiary/aromatic N) is 1. The van der Waals surface area contributed by atoms with Crippen molar-refractivity contribution in [2.75, 3.05) is 7.11 Å². The van der Waals surface area contributed by atoms with Gasteiger partial charge in [-0.2, -0.15) is 0 Å². The Morgan fingerprint density at radius 3 is 2.76 bits per heavy atom. The minimum absolute atomic E-state index is 0.0663. The lowest BCUT2D eigenvalue weighted by molar-refractivity contribution is -0.0194. The van der Waals surface area contributed by atoms with Crippen LogP contribution >= 0.6 is 11.3 Å². The van der Waals surface area contributed by atoms with Gasteiger partial charge in [-0.15, -0.1) is 11.3 Å². The summed E-state index contributed by atoms with van der Waals surface area (Å²) < 4.78 is 5.90. The molecule has 21 heavy (non-hydrogen) atoms. The van der Waals surface area contributed by atoms with E-state index >= 15 is 0 Å². The van der Waals surface area contributed by atoms with E-state index in [2.05, 4.69) is 19.2 Å². The quantitative estimate of drug-likeness (QED) is 0.918. The molecule has 0 saturated heterocycles. The van der Waals surface area contributed by atoms with Crippen molar-refractivity contribution in [3.8, 4) is 0 Å². The number of nitrogens with one attached hydrogen (secondary N) is 1. The predicted octanol–water partition coefficient (Wildman–Crippen LogP) is 3.80. The van der Waals surface area contributed by atoms with Gasteiger partial charge in [-0.3, -0.25) is 0 Å². The molecule has 1 N–H and O–H groups in total. The fourth-order valence-electron chi connectivity index (χ4n) is 3.99. The Balaban J connectivity index is 1.99. The first kappa shape index (κ1) is 15.4. The van der Waals surface area contributed by atoms with E-state index in [9.17, 15) is 0 Å². The zero-order valence-electron chi connectivity index (χ0n) is 13.6. The van der Waals surface area contributed by atoms with Crippen molar-refractivity contribution < 1.29 is 4.74 Å². The standard InChI is InChI=1S/C17H28N2OS/c1-12(2)19-17(11-7-6-10-15(17)20-3)16-18-13-8-4-5-9-14(13)21-16/h12,15,19H,4-11H2,1-3H3. The van der Waals surface area contributed by atoms with Crippen LogP contribution in [-0.4, -0.2) is 24.2 Å². The number of fused-ring (bicyclic) bond motifs is 1. The molecule has 2 aliphatic carbocycles. The highest BCUT2D eigenvalue weighted by Crippen LogP contribution is 2.42. The molecule has 1 aromatic heterocycles. The summed E-state index contributed by atoms with van der Waals surface area (Å²) in [6.07, 6.45) is 10.1. The Morgan fingerprint density at radius 2 is 2.05 bits per heavy atom. The molecule has 0 aliphatic heterocycles. The third-order valence-corrected chi connectivity index (χ3v) is 6.23. The predicted molar refractivity (Wildman–Crippen MR) is 88.0 cm³/mol. The monoisotopic (exact) mass is 308 g/mol. The van der Waals surface area contributed by atoms with Gasteiger partial charge >= 0.3 is 0 Å². The van der Waals surface area contributed by atoms with E-state index in [1.807, 2.05) is 18.4 Å². The second kappa shape index (κ2) is 6.35. The first-order valence-corrected chi connectivity index (χ1v) is 9.27. The van der Waals surface area contributed by atoms with Crippen LogP contribution < -0.4 is 5.32 Å². The average Bonchev–Trinajstić information content (AvgIpc) is 2.91. The molecule has 1 aromatic rings. The number of aromatic nitrogens is 1. The smallest absolute Gasteiger partial charge is 0.116 e. The number of thiazole rings is 1. The summed E-state index contributed by atoms with van der Waals surface area (Å²) in [7, 11) is 1.86. The van der Waals surface area contributed by atoms with E-state index in [0.717, 1.165) is 12.8 Å². The fraction of sp³-hybridized carbons (Fsp3) is 0.824. The van der Waals surface area contributed by atoms with Gasteiger partial charge in [-0.1, -0.05) is 12.8 Å². The van der Waals surface area contributed by atoms with Crippen LogP contribution in [0, 0.1) is 0 Å². The maximum Gasteiger partial charge on any atom is 0.116 e. The van der Waals surface area contributed by atoms with Crippen LogP contribution in [0.1, 0.15) is 68.0 Å². The van der Waals surface area contributed by atoms with Gasteiger partial charge in [0.1, 0.15) is 5.01 Å². The minimum Gasteiger partial charge on any atom is -0.379 e. The molecule has 3 rings (SSSR count). The lowest BCUT2D eigenvalue weighted by atomic mass is 9.78. The van der Waals surface area contributed by atoms with Crippen LogP contribution in [0.3, 0.4) is 0 Å². The highest BCUT2D eigenvalue weighted by Gasteiger charge is 2.45. The van der Waals surface area contributed by atoms with Gasteiger partial charge in [0.25, 0.3) is 0 Å². The summed E-state index contributed by atoms with van der Waals surface area (Å²) in [6, 6.07) is 0.446. The maximum absolute atomic E-state index is 5.90. The summed E-state index contributed by atoms with van der Waals surface area (Å²) in [5.41, 5.74) is 1.30. The molecular weight excluding hydrogens is 280 g/mol. The van der Waals surface area contributed by atoms with Crippen LogP contribution in [0.2, 0.25) is 0 Å². The van der Waals surface area contributed by atoms with Gasteiger partial charge < -0.3 is 10.1 Å². The first-order chi connectivity index (χ1) is 10.2. The van der Waals surface area contributed by atoms with Crippen molar-refractivity contribution in [3.05, 3.63) is 15.6 Å². The minimum atomic E-state index is -0.0663. The van der Waals surface area contributed by atoms with Crippen molar-refractivity contribution in [2.24, 2.45) is 0 Å². The largest absolute Gasteiger partial charge is 0.379 e. The van der Waals surface area contributed by atoms with Crippen LogP contribution in [0.15, 0.2) is 0 Å². The molecule has 2 aliphatic rings. The number of hydrogen-bond acceptors (Lipinski definition) is 4. The second-order valence-electron chi connectivity index (χ2n) is 6.84. The van der Waals surface area contributed by atoms with Crippen LogP contribution in [0.4, 0.5) is 0 Å². The molecule has 0 amide bonds. The van der Waals surface area contributed by atoms with E-state index in [4.69, 9.17) is 9.72 Å². The van der Waals surface area contributed by atoms with Crippen molar-refractivity contribution in [1.29, 1.82) is 0 Å². The molecule has 1 fully saturated rings. The van der Waals surface area contributed by atoms with E-state index in [1.165, 1.54) is 54.1 Å². The lowest BCUT2D eigenvalue weighted by Gasteiger charge is -2.44. The fourth-order valence-corrected chi connectivity index (χ4v) is 5.37. The van der Waals surface area contributed by atoms with Gasteiger partial charge in [0.05, 0.1) is 17.3 Å². The van der Waals surface area contributed by atoms with Crippen molar-refractivity contribution in [3.63, 3.8) is 0 Å². The molecule has 2 atom stereocenters. The van der Waals surface area contributed by atoms with Gasteiger partial charge in [-0.05, 0) is 52.4 Å². The Labute approximate surface area is 132 Å². The Kier molecular flexibility index (Phi) is 4.67. The van der Waals surface area contributed by atoms with Gasteiger partial charge in [0, 0.05) is 18.0 Å². The summed E-state index contributed by atoms with van der Waals surface area (Å²) in [5, 5.41) is 5.13. The van der Waals surface area contributed by atoms with E-state index < -0.39 is 0 Å². The van der Waals surface area contributed by atoms with Gasteiger partial charge in [-0.25, -0.2) is 4.98 Å². The highest BCUT2D eigenvalue weighted by atomic mass is 32.1. The molecule has 0 radical (unpaired) electrons. The van der Waals surface area contributed by atoms with E-state index in [0.29, 0.717) is 6.04 Å². The zero-order chi connectivity index (χ0) is 14.9. The molecule has 0 bridgehead atoms. The Bertz CT molecular complexity index is 462. The molecule has 0 spiro atoms. The topological polar surface area (TPSA) is 34.1 Å². The lowest BCUT2D eigenvalue weighted by Crippen LogP contribution is -2.56. The summed E-state index contributed by atoms with van der Waals surface area (Å²) in [4.78, 5) is 6.60. The van der Waals surface area contributed by atoms with Crippen molar-refractivity contribution >= 4 is 11.3 Å². The first-order valence-electron chi connectivity index (χ1n) is 8.45. The van der Waals surface area contributed by atoms with Crippen molar-refractivity contribution in [2.45, 2.75) is 82.9 Å². The van der Waals surface area contributed by atoms with Crippen LogP contribution in [0.5, 0.6) is 0 Å². The summed E-state index contributed by atoms with van der Waals surface area (Å²) in [6.45, 7) is 4.47.